The molecule has 0 radical (unpaired) electrons. The number of pyridine rings is 1. The van der Waals surface area contributed by atoms with E-state index in [1.54, 1.807) is 18.5 Å². The van der Waals surface area contributed by atoms with Crippen LogP contribution in [-0.4, -0.2) is 16.9 Å². The van der Waals surface area contributed by atoms with Crippen molar-refractivity contribution in [2.75, 3.05) is 4.90 Å². The van der Waals surface area contributed by atoms with Crippen LogP contribution in [0.25, 0.3) is 0 Å². The molecule has 102 valence electrons. The van der Waals surface area contributed by atoms with Crippen LogP contribution in [0.15, 0.2) is 54.9 Å². The second kappa shape index (κ2) is 5.45. The van der Waals surface area contributed by atoms with Gasteiger partial charge >= 0.3 is 0 Å². The van der Waals surface area contributed by atoms with E-state index in [0.29, 0.717) is 11.5 Å². The van der Waals surface area contributed by atoms with Crippen molar-refractivity contribution in [1.82, 2.24) is 4.98 Å². The van der Waals surface area contributed by atoms with Crippen LogP contribution < -0.4 is 4.90 Å². The molecule has 3 nitrogen and oxygen atoms in total. The molecular weight excluding hydrogens is 248 g/mol. The standard InChI is InChI=1S/C17H18N2O/c1-13(14-9-10-14)19(16-7-3-2-4-8-16)17(20)15-6-5-11-18-12-15/h2-8,11-14H,9-10H2,1H3. The summed E-state index contributed by atoms with van der Waals surface area (Å²) in [7, 11) is 0. The van der Waals surface area contributed by atoms with Gasteiger partial charge in [-0.2, -0.15) is 0 Å². The van der Waals surface area contributed by atoms with Gasteiger partial charge in [-0.05, 0) is 49.9 Å². The summed E-state index contributed by atoms with van der Waals surface area (Å²) in [5.41, 5.74) is 1.60. The number of rotatable bonds is 4. The SMILES string of the molecule is CC(C1CC1)N(C(=O)c1cccnc1)c1ccccc1. The van der Waals surface area contributed by atoms with E-state index < -0.39 is 0 Å². The molecular formula is C17H18N2O. The molecule has 1 aliphatic rings. The van der Waals surface area contributed by atoms with Crippen molar-refractivity contribution in [1.29, 1.82) is 0 Å². The lowest BCUT2D eigenvalue weighted by Gasteiger charge is -2.29. The highest BCUT2D eigenvalue weighted by Crippen LogP contribution is 2.37. The molecule has 3 rings (SSSR count). The summed E-state index contributed by atoms with van der Waals surface area (Å²) in [5.74, 6) is 0.652. The zero-order valence-electron chi connectivity index (χ0n) is 11.6. The first kappa shape index (κ1) is 12.9. The van der Waals surface area contributed by atoms with Crippen molar-refractivity contribution >= 4 is 11.6 Å². The Morgan fingerprint density at radius 1 is 1.20 bits per heavy atom. The average Bonchev–Trinajstić information content (AvgIpc) is 3.34. The molecule has 1 aromatic heterocycles. The Labute approximate surface area is 119 Å². The third-order valence-corrected chi connectivity index (χ3v) is 3.87. The molecule has 0 spiro atoms. The van der Waals surface area contributed by atoms with Crippen LogP contribution in [0.4, 0.5) is 5.69 Å². The number of amides is 1. The first-order valence-electron chi connectivity index (χ1n) is 7.06. The maximum absolute atomic E-state index is 12.8. The topological polar surface area (TPSA) is 33.2 Å². The Balaban J connectivity index is 1.95. The van der Waals surface area contributed by atoms with Gasteiger partial charge in [-0.3, -0.25) is 9.78 Å². The fraction of sp³-hybridized carbons (Fsp3) is 0.294. The van der Waals surface area contributed by atoms with E-state index in [4.69, 9.17) is 0 Å². The van der Waals surface area contributed by atoms with E-state index >= 15 is 0 Å². The fourth-order valence-corrected chi connectivity index (χ4v) is 2.54. The van der Waals surface area contributed by atoms with E-state index in [9.17, 15) is 4.79 Å². The number of hydrogen-bond donors (Lipinski definition) is 0. The number of aromatic nitrogens is 1. The lowest BCUT2D eigenvalue weighted by atomic mass is 10.1. The maximum Gasteiger partial charge on any atom is 0.260 e. The van der Waals surface area contributed by atoms with Crippen molar-refractivity contribution in [2.24, 2.45) is 5.92 Å². The number of hydrogen-bond acceptors (Lipinski definition) is 2. The number of nitrogens with zero attached hydrogens (tertiary/aromatic N) is 2. The summed E-state index contributed by atoms with van der Waals surface area (Å²) in [6.45, 7) is 2.14. The van der Waals surface area contributed by atoms with Crippen LogP contribution in [0.5, 0.6) is 0 Å². The second-order valence-electron chi connectivity index (χ2n) is 5.33. The van der Waals surface area contributed by atoms with Gasteiger partial charge in [0.2, 0.25) is 0 Å². The minimum absolute atomic E-state index is 0.0312. The lowest BCUT2D eigenvalue weighted by Crippen LogP contribution is -2.40. The fourth-order valence-electron chi connectivity index (χ4n) is 2.54. The quantitative estimate of drug-likeness (QED) is 0.848. The average molecular weight is 266 g/mol. The Morgan fingerprint density at radius 2 is 1.95 bits per heavy atom. The Morgan fingerprint density at radius 3 is 2.55 bits per heavy atom. The molecule has 1 amide bonds. The number of anilines is 1. The van der Waals surface area contributed by atoms with Crippen LogP contribution >= 0.6 is 0 Å². The number of carbonyl (C=O) groups is 1. The number of para-hydroxylation sites is 1. The lowest BCUT2D eigenvalue weighted by molar-refractivity contribution is 0.0975. The van der Waals surface area contributed by atoms with Gasteiger partial charge in [-0.1, -0.05) is 18.2 Å². The monoisotopic (exact) mass is 266 g/mol. The summed E-state index contributed by atoms with van der Waals surface area (Å²) < 4.78 is 0. The van der Waals surface area contributed by atoms with Gasteiger partial charge in [0, 0.05) is 24.1 Å². The van der Waals surface area contributed by atoms with E-state index in [1.165, 1.54) is 12.8 Å². The normalized spacial score (nSPS) is 15.7. The first-order chi connectivity index (χ1) is 9.77. The van der Waals surface area contributed by atoms with Crippen LogP contribution in [0, 0.1) is 5.92 Å². The third kappa shape index (κ3) is 2.57. The molecule has 0 aliphatic heterocycles. The summed E-state index contributed by atoms with van der Waals surface area (Å²) in [4.78, 5) is 18.8. The van der Waals surface area contributed by atoms with Crippen molar-refractivity contribution in [2.45, 2.75) is 25.8 Å². The zero-order valence-corrected chi connectivity index (χ0v) is 11.6. The zero-order chi connectivity index (χ0) is 13.9. The van der Waals surface area contributed by atoms with Crippen LogP contribution in [0.1, 0.15) is 30.1 Å². The van der Waals surface area contributed by atoms with Crippen molar-refractivity contribution < 1.29 is 4.79 Å². The molecule has 3 heteroatoms. The third-order valence-electron chi connectivity index (χ3n) is 3.87. The van der Waals surface area contributed by atoms with E-state index in [0.717, 1.165) is 5.69 Å². The Hall–Kier alpha value is -2.16. The minimum atomic E-state index is 0.0312. The molecule has 1 unspecified atom stereocenters. The van der Waals surface area contributed by atoms with Gasteiger partial charge in [0.05, 0.1) is 5.56 Å². The predicted octanol–water partition coefficient (Wildman–Crippen LogP) is 3.53. The number of carbonyl (C=O) groups excluding carboxylic acids is 1. The highest BCUT2D eigenvalue weighted by atomic mass is 16.2. The smallest absolute Gasteiger partial charge is 0.260 e. The Bertz CT molecular complexity index is 578. The van der Waals surface area contributed by atoms with E-state index in [-0.39, 0.29) is 11.9 Å². The molecule has 2 aromatic rings. The summed E-state index contributed by atoms with van der Waals surface area (Å²) >= 11 is 0. The first-order valence-corrected chi connectivity index (χ1v) is 7.06. The highest BCUT2D eigenvalue weighted by Gasteiger charge is 2.35. The second-order valence-corrected chi connectivity index (χ2v) is 5.33. The molecule has 1 heterocycles. The summed E-state index contributed by atoms with van der Waals surface area (Å²) in [5, 5.41) is 0. The van der Waals surface area contributed by atoms with Gasteiger partial charge in [0.15, 0.2) is 0 Å². The van der Waals surface area contributed by atoms with Crippen LogP contribution in [0.2, 0.25) is 0 Å². The van der Waals surface area contributed by atoms with Crippen molar-refractivity contribution in [3.8, 4) is 0 Å². The Kier molecular flexibility index (Phi) is 3.50. The van der Waals surface area contributed by atoms with Gasteiger partial charge < -0.3 is 4.90 Å². The number of benzene rings is 1. The molecule has 1 aliphatic carbocycles. The molecule has 20 heavy (non-hydrogen) atoms. The van der Waals surface area contributed by atoms with Gasteiger partial charge in [-0.15, -0.1) is 0 Å². The molecule has 0 bridgehead atoms. The molecule has 0 N–H and O–H groups in total. The predicted molar refractivity (Wildman–Crippen MR) is 79.7 cm³/mol. The highest BCUT2D eigenvalue weighted by molar-refractivity contribution is 6.06. The van der Waals surface area contributed by atoms with Crippen molar-refractivity contribution in [3.05, 3.63) is 60.4 Å². The van der Waals surface area contributed by atoms with Crippen LogP contribution in [-0.2, 0) is 0 Å². The van der Waals surface area contributed by atoms with Crippen molar-refractivity contribution in [3.63, 3.8) is 0 Å². The molecule has 1 aromatic carbocycles. The minimum Gasteiger partial charge on any atom is -0.305 e. The molecule has 0 saturated heterocycles. The van der Waals surface area contributed by atoms with E-state index in [1.807, 2.05) is 41.3 Å². The molecule has 1 fully saturated rings. The largest absolute Gasteiger partial charge is 0.305 e. The maximum atomic E-state index is 12.8. The van der Waals surface area contributed by atoms with E-state index in [2.05, 4.69) is 11.9 Å². The van der Waals surface area contributed by atoms with Gasteiger partial charge in [0.25, 0.3) is 5.91 Å². The summed E-state index contributed by atoms with van der Waals surface area (Å²) in [6.07, 6.45) is 5.75. The molecule has 1 saturated carbocycles. The van der Waals surface area contributed by atoms with Crippen LogP contribution in [0.3, 0.4) is 0 Å². The summed E-state index contributed by atoms with van der Waals surface area (Å²) in [6, 6.07) is 13.8. The molecule has 1 atom stereocenters. The van der Waals surface area contributed by atoms with Gasteiger partial charge in [0.1, 0.15) is 0 Å². The van der Waals surface area contributed by atoms with Gasteiger partial charge in [-0.25, -0.2) is 0 Å².